The molecule has 1 N–H and O–H groups in total. The van der Waals surface area contributed by atoms with Crippen LogP contribution in [0, 0.1) is 23.4 Å². The summed E-state index contributed by atoms with van der Waals surface area (Å²) in [6, 6.07) is 6.67. The van der Waals surface area contributed by atoms with E-state index in [2.05, 4.69) is 6.92 Å². The number of rotatable bonds is 8. The number of carboxylic acid groups (broad SMARTS) is 1. The Kier molecular flexibility index (Phi) is 7.57. The standard InChI is InChI=1S/C25H29F3O2/c1-2-3-4-5-7-16-10-12-17(13-11-16)23-19(8-6-9-20(23)25(29)30)18-14-21(26)24(28)22(27)15-18/h6,8-9,14-17H,2-5,7,10-13H2,1H3,(H,29,30). The van der Waals surface area contributed by atoms with Crippen molar-refractivity contribution < 1.29 is 23.1 Å². The number of halogens is 3. The third-order valence-electron chi connectivity index (χ3n) is 6.35. The highest BCUT2D eigenvalue weighted by molar-refractivity contribution is 5.92. The van der Waals surface area contributed by atoms with Gasteiger partial charge in [0.25, 0.3) is 0 Å². The zero-order valence-corrected chi connectivity index (χ0v) is 17.4. The lowest BCUT2D eigenvalue weighted by Gasteiger charge is -2.31. The molecule has 3 rings (SSSR count). The van der Waals surface area contributed by atoms with Crippen molar-refractivity contribution in [1.29, 1.82) is 0 Å². The highest BCUT2D eigenvalue weighted by Crippen LogP contribution is 2.43. The van der Waals surface area contributed by atoms with Crippen LogP contribution in [0.2, 0.25) is 0 Å². The Hall–Kier alpha value is -2.30. The molecular formula is C25H29F3O2. The van der Waals surface area contributed by atoms with Gasteiger partial charge in [0.2, 0.25) is 0 Å². The molecule has 0 bridgehead atoms. The molecule has 2 aromatic rings. The van der Waals surface area contributed by atoms with Gasteiger partial charge in [-0.3, -0.25) is 0 Å². The summed E-state index contributed by atoms with van der Waals surface area (Å²) in [7, 11) is 0. The van der Waals surface area contributed by atoms with E-state index in [1.807, 2.05) is 0 Å². The lowest BCUT2D eigenvalue weighted by Crippen LogP contribution is -2.17. The monoisotopic (exact) mass is 418 g/mol. The fraction of sp³-hybridized carbons (Fsp3) is 0.480. The molecule has 0 aliphatic heterocycles. The van der Waals surface area contributed by atoms with Crippen molar-refractivity contribution in [3.8, 4) is 11.1 Å². The molecule has 2 aromatic carbocycles. The third kappa shape index (κ3) is 5.05. The molecule has 30 heavy (non-hydrogen) atoms. The Balaban J connectivity index is 1.87. The summed E-state index contributed by atoms with van der Waals surface area (Å²) in [4.78, 5) is 11.9. The number of benzene rings is 2. The van der Waals surface area contributed by atoms with E-state index in [-0.39, 0.29) is 17.0 Å². The molecule has 0 heterocycles. The van der Waals surface area contributed by atoms with E-state index in [1.165, 1.54) is 38.2 Å². The molecule has 0 radical (unpaired) electrons. The van der Waals surface area contributed by atoms with Crippen LogP contribution in [0.25, 0.3) is 11.1 Å². The number of carbonyl (C=O) groups is 1. The van der Waals surface area contributed by atoms with Gasteiger partial charge in [0, 0.05) is 0 Å². The predicted molar refractivity (Wildman–Crippen MR) is 112 cm³/mol. The highest BCUT2D eigenvalue weighted by Gasteiger charge is 2.28. The van der Waals surface area contributed by atoms with Crippen molar-refractivity contribution in [3.05, 3.63) is 58.9 Å². The Morgan fingerprint density at radius 1 is 1.00 bits per heavy atom. The SMILES string of the molecule is CCCCCCC1CCC(c2c(C(=O)O)cccc2-c2cc(F)c(F)c(F)c2)CC1. The molecular weight excluding hydrogens is 389 g/mol. The van der Waals surface area contributed by atoms with Crippen LogP contribution in [0.3, 0.4) is 0 Å². The van der Waals surface area contributed by atoms with Crippen molar-refractivity contribution in [2.45, 2.75) is 70.6 Å². The Labute approximate surface area is 176 Å². The lowest BCUT2D eigenvalue weighted by molar-refractivity contribution is 0.0694. The van der Waals surface area contributed by atoms with Gasteiger partial charge in [0.05, 0.1) is 5.56 Å². The number of hydrogen-bond acceptors (Lipinski definition) is 1. The molecule has 1 fully saturated rings. The van der Waals surface area contributed by atoms with E-state index in [1.54, 1.807) is 12.1 Å². The highest BCUT2D eigenvalue weighted by atomic mass is 19.2. The van der Waals surface area contributed by atoms with Gasteiger partial charge in [-0.25, -0.2) is 18.0 Å². The largest absolute Gasteiger partial charge is 0.478 e. The van der Waals surface area contributed by atoms with Gasteiger partial charge in [0.1, 0.15) is 0 Å². The summed E-state index contributed by atoms with van der Waals surface area (Å²) in [6.07, 6.45) is 9.91. The maximum Gasteiger partial charge on any atom is 0.335 e. The summed E-state index contributed by atoms with van der Waals surface area (Å²) in [6.45, 7) is 2.20. The summed E-state index contributed by atoms with van der Waals surface area (Å²) < 4.78 is 41.1. The second-order valence-electron chi connectivity index (χ2n) is 8.39. The Morgan fingerprint density at radius 3 is 2.27 bits per heavy atom. The summed E-state index contributed by atoms with van der Waals surface area (Å²) in [5.41, 5.74) is 1.41. The van der Waals surface area contributed by atoms with Crippen LogP contribution in [0.15, 0.2) is 30.3 Å². The average molecular weight is 418 g/mol. The summed E-state index contributed by atoms with van der Waals surface area (Å²) in [5, 5.41) is 9.73. The predicted octanol–water partition coefficient (Wildman–Crippen LogP) is 7.71. The van der Waals surface area contributed by atoms with Crippen molar-refractivity contribution >= 4 is 5.97 Å². The quantitative estimate of drug-likeness (QED) is 0.352. The van der Waals surface area contributed by atoms with Gasteiger partial charge in [-0.1, -0.05) is 51.2 Å². The van der Waals surface area contributed by atoms with E-state index in [0.717, 1.165) is 37.8 Å². The maximum atomic E-state index is 13.9. The molecule has 0 unspecified atom stereocenters. The van der Waals surface area contributed by atoms with Crippen LogP contribution >= 0.6 is 0 Å². The van der Waals surface area contributed by atoms with Gasteiger partial charge in [-0.2, -0.15) is 0 Å². The first kappa shape index (κ1) is 22.4. The van der Waals surface area contributed by atoms with E-state index < -0.39 is 23.4 Å². The van der Waals surface area contributed by atoms with Crippen molar-refractivity contribution in [2.75, 3.05) is 0 Å². The first-order chi connectivity index (χ1) is 14.4. The molecule has 0 amide bonds. The van der Waals surface area contributed by atoms with Crippen LogP contribution in [0.4, 0.5) is 13.2 Å². The van der Waals surface area contributed by atoms with E-state index >= 15 is 0 Å². The fourth-order valence-corrected chi connectivity index (χ4v) is 4.75. The molecule has 1 saturated carbocycles. The molecule has 2 nitrogen and oxygen atoms in total. The zero-order chi connectivity index (χ0) is 21.7. The normalized spacial score (nSPS) is 19.1. The van der Waals surface area contributed by atoms with Gasteiger partial charge >= 0.3 is 5.97 Å². The van der Waals surface area contributed by atoms with Crippen molar-refractivity contribution in [3.63, 3.8) is 0 Å². The Bertz CT molecular complexity index is 863. The van der Waals surface area contributed by atoms with E-state index in [9.17, 15) is 23.1 Å². The molecule has 0 saturated heterocycles. The van der Waals surface area contributed by atoms with Crippen LogP contribution < -0.4 is 0 Å². The molecule has 0 atom stereocenters. The van der Waals surface area contributed by atoms with Crippen LogP contribution in [-0.2, 0) is 0 Å². The smallest absolute Gasteiger partial charge is 0.335 e. The van der Waals surface area contributed by atoms with E-state index in [0.29, 0.717) is 17.0 Å². The van der Waals surface area contributed by atoms with Crippen LogP contribution in [-0.4, -0.2) is 11.1 Å². The van der Waals surface area contributed by atoms with Crippen molar-refractivity contribution in [2.24, 2.45) is 5.92 Å². The van der Waals surface area contributed by atoms with Crippen LogP contribution in [0.1, 0.15) is 86.6 Å². The zero-order valence-electron chi connectivity index (χ0n) is 17.4. The molecule has 5 heteroatoms. The fourth-order valence-electron chi connectivity index (χ4n) is 4.75. The second-order valence-corrected chi connectivity index (χ2v) is 8.39. The first-order valence-electron chi connectivity index (χ1n) is 10.9. The number of unbranched alkanes of at least 4 members (excludes halogenated alkanes) is 3. The number of hydrogen-bond donors (Lipinski definition) is 1. The molecule has 0 spiro atoms. The molecule has 1 aliphatic carbocycles. The minimum absolute atomic E-state index is 0.00960. The number of aromatic carboxylic acids is 1. The van der Waals surface area contributed by atoms with Crippen molar-refractivity contribution in [1.82, 2.24) is 0 Å². The van der Waals surface area contributed by atoms with Gasteiger partial charge in [-0.15, -0.1) is 0 Å². The Morgan fingerprint density at radius 2 is 1.67 bits per heavy atom. The van der Waals surface area contributed by atoms with Crippen LogP contribution in [0.5, 0.6) is 0 Å². The average Bonchev–Trinajstić information content (AvgIpc) is 2.74. The topological polar surface area (TPSA) is 37.3 Å². The van der Waals surface area contributed by atoms with Gasteiger partial charge in [-0.05, 0) is 72.4 Å². The number of carboxylic acids is 1. The second kappa shape index (κ2) is 10.1. The van der Waals surface area contributed by atoms with Gasteiger partial charge < -0.3 is 5.11 Å². The first-order valence-corrected chi connectivity index (χ1v) is 10.9. The third-order valence-corrected chi connectivity index (χ3v) is 6.35. The molecule has 1 aliphatic rings. The summed E-state index contributed by atoms with van der Waals surface area (Å²) >= 11 is 0. The molecule has 162 valence electrons. The lowest BCUT2D eigenvalue weighted by atomic mass is 9.74. The maximum absolute atomic E-state index is 13.9. The van der Waals surface area contributed by atoms with Gasteiger partial charge in [0.15, 0.2) is 17.5 Å². The minimum Gasteiger partial charge on any atom is -0.478 e. The van der Waals surface area contributed by atoms with E-state index in [4.69, 9.17) is 0 Å². The summed E-state index contributed by atoms with van der Waals surface area (Å²) in [5.74, 6) is -4.45. The molecule has 0 aromatic heterocycles. The minimum atomic E-state index is -1.52.